The van der Waals surface area contributed by atoms with E-state index < -0.39 is 12.2 Å². The van der Waals surface area contributed by atoms with Gasteiger partial charge in [0, 0.05) is 0 Å². The molecule has 0 aliphatic heterocycles. The van der Waals surface area contributed by atoms with Crippen molar-refractivity contribution >= 4 is 11.6 Å². The number of hydrogen-bond donors (Lipinski definition) is 1. The molecule has 1 unspecified atom stereocenters. The summed E-state index contributed by atoms with van der Waals surface area (Å²) in [6.07, 6.45) is -4.48. The largest absolute Gasteiger partial charge is 0.495 e. The second-order valence-corrected chi connectivity index (χ2v) is 3.77. The van der Waals surface area contributed by atoms with Gasteiger partial charge in [-0.2, -0.15) is 13.2 Å². The third-order valence-corrected chi connectivity index (χ3v) is 2.52. The second-order valence-electron chi connectivity index (χ2n) is 3.36. The molecule has 0 bridgehead atoms. The van der Waals surface area contributed by atoms with Crippen molar-refractivity contribution in [2.75, 3.05) is 7.11 Å². The van der Waals surface area contributed by atoms with Gasteiger partial charge in [-0.15, -0.1) is 0 Å². The molecule has 1 aromatic rings. The Morgan fingerprint density at radius 2 is 1.94 bits per heavy atom. The van der Waals surface area contributed by atoms with Crippen LogP contribution in [0, 0.1) is 6.92 Å². The highest BCUT2D eigenvalue weighted by Gasteiger charge is 2.38. The van der Waals surface area contributed by atoms with E-state index in [9.17, 15) is 13.2 Å². The fourth-order valence-corrected chi connectivity index (χ4v) is 1.59. The lowest BCUT2D eigenvalue weighted by Gasteiger charge is -2.19. The van der Waals surface area contributed by atoms with Crippen molar-refractivity contribution < 1.29 is 17.9 Å². The van der Waals surface area contributed by atoms with Crippen LogP contribution in [0.15, 0.2) is 12.1 Å². The highest BCUT2D eigenvalue weighted by molar-refractivity contribution is 6.32. The number of nitrogens with two attached hydrogens (primary N) is 1. The van der Waals surface area contributed by atoms with Crippen LogP contribution < -0.4 is 10.5 Å². The predicted octanol–water partition coefficient (Wildman–Crippen LogP) is 3.22. The Labute approximate surface area is 96.1 Å². The zero-order valence-electron chi connectivity index (χ0n) is 8.73. The molecule has 90 valence electrons. The first-order valence-corrected chi connectivity index (χ1v) is 4.81. The molecule has 0 saturated heterocycles. The summed E-state index contributed by atoms with van der Waals surface area (Å²) in [5, 5.41) is 0.114. The molecule has 0 amide bonds. The molecule has 0 fully saturated rings. The third-order valence-electron chi connectivity index (χ3n) is 2.23. The van der Waals surface area contributed by atoms with Gasteiger partial charge in [0.15, 0.2) is 0 Å². The average molecular weight is 254 g/mol. The number of rotatable bonds is 2. The van der Waals surface area contributed by atoms with Crippen LogP contribution in [0.2, 0.25) is 5.02 Å². The van der Waals surface area contributed by atoms with Gasteiger partial charge >= 0.3 is 6.18 Å². The SMILES string of the molecule is COc1cc(C)c(C(N)C(F)(F)F)cc1Cl. The summed E-state index contributed by atoms with van der Waals surface area (Å²) in [5.41, 5.74) is 5.46. The number of aryl methyl sites for hydroxylation is 1. The van der Waals surface area contributed by atoms with Crippen molar-refractivity contribution in [3.05, 3.63) is 28.3 Å². The molecule has 0 aliphatic rings. The van der Waals surface area contributed by atoms with Gasteiger partial charge in [0.1, 0.15) is 11.8 Å². The minimum atomic E-state index is -4.48. The quantitative estimate of drug-likeness (QED) is 0.878. The number of ether oxygens (including phenoxy) is 1. The molecule has 0 aromatic heterocycles. The lowest BCUT2D eigenvalue weighted by Crippen LogP contribution is -2.29. The minimum absolute atomic E-state index is 0.0432. The fraction of sp³-hybridized carbons (Fsp3) is 0.400. The first-order chi connectivity index (χ1) is 7.27. The van der Waals surface area contributed by atoms with Crippen LogP contribution in [-0.2, 0) is 0 Å². The van der Waals surface area contributed by atoms with E-state index in [1.165, 1.54) is 26.2 Å². The number of halogens is 4. The zero-order valence-corrected chi connectivity index (χ0v) is 9.49. The van der Waals surface area contributed by atoms with Gasteiger partial charge in [-0.05, 0) is 30.2 Å². The van der Waals surface area contributed by atoms with E-state index in [0.29, 0.717) is 11.3 Å². The maximum atomic E-state index is 12.4. The van der Waals surface area contributed by atoms with Gasteiger partial charge in [0.25, 0.3) is 0 Å². The third kappa shape index (κ3) is 2.59. The molecular weight excluding hydrogens is 243 g/mol. The zero-order chi connectivity index (χ0) is 12.5. The number of hydrogen-bond acceptors (Lipinski definition) is 2. The van der Waals surface area contributed by atoms with E-state index >= 15 is 0 Å². The molecule has 1 atom stereocenters. The Kier molecular flexibility index (Phi) is 3.70. The molecule has 0 radical (unpaired) electrons. The van der Waals surface area contributed by atoms with Crippen molar-refractivity contribution in [2.24, 2.45) is 5.73 Å². The van der Waals surface area contributed by atoms with Crippen LogP contribution in [0.5, 0.6) is 5.75 Å². The smallest absolute Gasteiger partial charge is 0.407 e. The Hall–Kier alpha value is -0.940. The van der Waals surface area contributed by atoms with Crippen molar-refractivity contribution in [1.29, 1.82) is 0 Å². The predicted molar refractivity (Wildman–Crippen MR) is 55.7 cm³/mol. The molecule has 1 rings (SSSR count). The molecule has 2 nitrogen and oxygen atoms in total. The Balaban J connectivity index is 3.21. The Bertz CT molecular complexity index is 392. The summed E-state index contributed by atoms with van der Waals surface area (Å²) in [6.45, 7) is 1.53. The van der Waals surface area contributed by atoms with Gasteiger partial charge in [-0.25, -0.2) is 0 Å². The van der Waals surface area contributed by atoms with Gasteiger partial charge in [-0.3, -0.25) is 0 Å². The summed E-state index contributed by atoms with van der Waals surface area (Å²) in [4.78, 5) is 0. The van der Waals surface area contributed by atoms with Crippen LogP contribution in [0.3, 0.4) is 0 Å². The minimum Gasteiger partial charge on any atom is -0.495 e. The molecule has 0 heterocycles. The van der Waals surface area contributed by atoms with E-state index in [2.05, 4.69) is 0 Å². The highest BCUT2D eigenvalue weighted by atomic mass is 35.5. The van der Waals surface area contributed by atoms with E-state index in [1.807, 2.05) is 0 Å². The summed E-state index contributed by atoms with van der Waals surface area (Å²) in [7, 11) is 1.39. The molecule has 2 N–H and O–H groups in total. The fourth-order valence-electron chi connectivity index (χ4n) is 1.34. The molecule has 0 spiro atoms. The lowest BCUT2D eigenvalue weighted by molar-refractivity contribution is -0.149. The Morgan fingerprint density at radius 3 is 2.38 bits per heavy atom. The summed E-state index contributed by atoms with van der Waals surface area (Å²) in [5.74, 6) is 0.331. The summed E-state index contributed by atoms with van der Waals surface area (Å²) < 4.78 is 42.2. The van der Waals surface area contributed by atoms with Crippen molar-refractivity contribution in [1.82, 2.24) is 0 Å². The summed E-state index contributed by atoms with van der Waals surface area (Å²) >= 11 is 5.75. The number of methoxy groups -OCH3 is 1. The van der Waals surface area contributed by atoms with Crippen molar-refractivity contribution in [3.63, 3.8) is 0 Å². The topological polar surface area (TPSA) is 35.2 Å². The summed E-state index contributed by atoms with van der Waals surface area (Å²) in [6, 6.07) is 0.591. The van der Waals surface area contributed by atoms with Gasteiger partial charge in [0.05, 0.1) is 12.1 Å². The molecule has 0 saturated carbocycles. The van der Waals surface area contributed by atoms with Crippen LogP contribution in [0.4, 0.5) is 13.2 Å². The average Bonchev–Trinajstić information content (AvgIpc) is 2.18. The first-order valence-electron chi connectivity index (χ1n) is 4.43. The monoisotopic (exact) mass is 253 g/mol. The van der Waals surface area contributed by atoms with Gasteiger partial charge in [-0.1, -0.05) is 11.6 Å². The van der Waals surface area contributed by atoms with E-state index in [1.54, 1.807) is 0 Å². The number of alkyl halides is 3. The van der Waals surface area contributed by atoms with Crippen LogP contribution >= 0.6 is 11.6 Å². The van der Waals surface area contributed by atoms with E-state index in [-0.39, 0.29) is 10.6 Å². The molecule has 16 heavy (non-hydrogen) atoms. The first kappa shape index (κ1) is 13.1. The van der Waals surface area contributed by atoms with Gasteiger partial charge < -0.3 is 10.5 Å². The van der Waals surface area contributed by atoms with Gasteiger partial charge in [0.2, 0.25) is 0 Å². The molecule has 1 aromatic carbocycles. The standard InChI is InChI=1S/C10H11ClF3NO/c1-5-3-8(16-2)7(11)4-6(5)9(15)10(12,13)14/h3-4,9H,15H2,1-2H3. The molecule has 0 aliphatic carbocycles. The maximum absolute atomic E-state index is 12.4. The molecule has 6 heteroatoms. The Morgan fingerprint density at radius 1 is 1.38 bits per heavy atom. The molecular formula is C10H11ClF3NO. The van der Waals surface area contributed by atoms with Crippen LogP contribution in [0.25, 0.3) is 0 Å². The van der Waals surface area contributed by atoms with E-state index in [4.69, 9.17) is 22.1 Å². The lowest BCUT2D eigenvalue weighted by atomic mass is 10.0. The number of benzene rings is 1. The van der Waals surface area contributed by atoms with Crippen molar-refractivity contribution in [2.45, 2.75) is 19.1 Å². The van der Waals surface area contributed by atoms with Crippen LogP contribution in [0.1, 0.15) is 17.2 Å². The second kappa shape index (κ2) is 4.51. The van der Waals surface area contributed by atoms with Crippen LogP contribution in [-0.4, -0.2) is 13.3 Å². The normalized spacial score (nSPS) is 13.7. The highest BCUT2D eigenvalue weighted by Crippen LogP contribution is 2.36. The van der Waals surface area contributed by atoms with Crippen molar-refractivity contribution in [3.8, 4) is 5.75 Å². The maximum Gasteiger partial charge on any atom is 0.407 e. The van der Waals surface area contributed by atoms with E-state index in [0.717, 1.165) is 0 Å².